The van der Waals surface area contributed by atoms with Gasteiger partial charge in [0.25, 0.3) is 0 Å². The molecule has 1 fully saturated rings. The molecule has 118 valence electrons. The molecule has 2 heterocycles. The molecule has 5 heteroatoms. The molecule has 0 aromatic carbocycles. The van der Waals surface area contributed by atoms with Crippen molar-refractivity contribution in [3.63, 3.8) is 0 Å². The van der Waals surface area contributed by atoms with Gasteiger partial charge in [0.15, 0.2) is 0 Å². The van der Waals surface area contributed by atoms with Gasteiger partial charge in [0.1, 0.15) is 5.82 Å². The summed E-state index contributed by atoms with van der Waals surface area (Å²) in [5.74, 6) is 0.969. The normalized spacial score (nSPS) is 20.6. The number of aromatic nitrogens is 1. The lowest BCUT2D eigenvalue weighted by atomic mass is 9.99. The van der Waals surface area contributed by atoms with Gasteiger partial charge < -0.3 is 15.0 Å². The third-order valence-corrected chi connectivity index (χ3v) is 3.85. The van der Waals surface area contributed by atoms with Crippen LogP contribution in [0.25, 0.3) is 0 Å². The monoisotopic (exact) mass is 311 g/mol. The van der Waals surface area contributed by atoms with Crippen molar-refractivity contribution < 1.29 is 4.74 Å². The molecule has 0 atom stereocenters. The molecular formula is C16H26ClN3O. The standard InChI is InChI=1S/C16H26ClN3O/c1-6-18-8-12-7-14(19-9-13(12)17)20-10-15(2,3)21-16(4,5)11-20/h7,9,18H,6,8,10-11H2,1-5H3. The van der Waals surface area contributed by atoms with Crippen molar-refractivity contribution in [3.05, 3.63) is 22.8 Å². The molecule has 21 heavy (non-hydrogen) atoms. The maximum atomic E-state index is 6.24. The van der Waals surface area contributed by atoms with Crippen LogP contribution in [0.15, 0.2) is 12.3 Å². The first-order valence-corrected chi connectivity index (χ1v) is 7.90. The van der Waals surface area contributed by atoms with Gasteiger partial charge in [-0.15, -0.1) is 0 Å². The van der Waals surface area contributed by atoms with E-state index in [0.29, 0.717) is 5.02 Å². The van der Waals surface area contributed by atoms with E-state index in [0.717, 1.165) is 37.6 Å². The van der Waals surface area contributed by atoms with Crippen LogP contribution in [0.4, 0.5) is 5.82 Å². The summed E-state index contributed by atoms with van der Waals surface area (Å²) >= 11 is 6.24. The fraction of sp³-hybridized carbons (Fsp3) is 0.688. The Morgan fingerprint density at radius 3 is 2.48 bits per heavy atom. The van der Waals surface area contributed by atoms with E-state index in [-0.39, 0.29) is 11.2 Å². The second-order valence-corrected chi connectivity index (χ2v) is 7.30. The highest BCUT2D eigenvalue weighted by molar-refractivity contribution is 6.31. The Labute approximate surface area is 132 Å². The molecule has 1 N–H and O–H groups in total. The second-order valence-electron chi connectivity index (χ2n) is 6.89. The maximum Gasteiger partial charge on any atom is 0.129 e. The SMILES string of the molecule is CCNCc1cc(N2CC(C)(C)OC(C)(C)C2)ncc1Cl. The Morgan fingerprint density at radius 2 is 1.90 bits per heavy atom. The average Bonchev–Trinajstić information content (AvgIpc) is 2.34. The van der Waals surface area contributed by atoms with E-state index < -0.39 is 0 Å². The molecule has 1 aromatic heterocycles. The van der Waals surface area contributed by atoms with Crippen LogP contribution in [0, 0.1) is 0 Å². The molecule has 4 nitrogen and oxygen atoms in total. The summed E-state index contributed by atoms with van der Waals surface area (Å²) in [6, 6.07) is 2.09. The zero-order valence-electron chi connectivity index (χ0n) is 13.7. The van der Waals surface area contributed by atoms with Crippen molar-refractivity contribution in [2.75, 3.05) is 24.5 Å². The third-order valence-electron chi connectivity index (χ3n) is 3.51. The van der Waals surface area contributed by atoms with E-state index >= 15 is 0 Å². The molecule has 0 amide bonds. The minimum absolute atomic E-state index is 0.190. The van der Waals surface area contributed by atoms with Crippen LogP contribution in [0.5, 0.6) is 0 Å². The van der Waals surface area contributed by atoms with Crippen LogP contribution >= 0.6 is 11.6 Å². The number of nitrogens with zero attached hydrogens (tertiary/aromatic N) is 2. The number of ether oxygens (including phenoxy) is 1. The topological polar surface area (TPSA) is 37.4 Å². The molecule has 2 rings (SSSR count). The number of anilines is 1. The van der Waals surface area contributed by atoms with Gasteiger partial charge in [0, 0.05) is 25.8 Å². The summed E-state index contributed by atoms with van der Waals surface area (Å²) in [5, 5.41) is 4.03. The summed E-state index contributed by atoms with van der Waals surface area (Å²) in [7, 11) is 0. The lowest BCUT2D eigenvalue weighted by molar-refractivity contribution is -0.133. The molecular weight excluding hydrogens is 286 g/mol. The van der Waals surface area contributed by atoms with E-state index in [1.807, 2.05) is 0 Å². The van der Waals surface area contributed by atoms with Gasteiger partial charge in [0.05, 0.1) is 16.2 Å². The molecule has 0 bridgehead atoms. The second kappa shape index (κ2) is 6.11. The van der Waals surface area contributed by atoms with Gasteiger partial charge in [-0.1, -0.05) is 18.5 Å². The number of halogens is 1. The Balaban J connectivity index is 2.24. The molecule has 0 spiro atoms. The maximum absolute atomic E-state index is 6.24. The van der Waals surface area contributed by atoms with Crippen LogP contribution in [0.2, 0.25) is 5.02 Å². The Morgan fingerprint density at radius 1 is 1.29 bits per heavy atom. The number of rotatable bonds is 4. The number of nitrogens with one attached hydrogen (secondary N) is 1. The first-order valence-electron chi connectivity index (χ1n) is 7.53. The summed E-state index contributed by atoms with van der Waals surface area (Å²) in [6.45, 7) is 13.9. The van der Waals surface area contributed by atoms with Gasteiger partial charge in [0.2, 0.25) is 0 Å². The molecule has 1 saturated heterocycles. The van der Waals surface area contributed by atoms with Gasteiger partial charge in [-0.3, -0.25) is 0 Å². The number of pyridine rings is 1. The Kier molecular flexibility index (Phi) is 4.81. The van der Waals surface area contributed by atoms with Crippen LogP contribution in [0.3, 0.4) is 0 Å². The van der Waals surface area contributed by atoms with Gasteiger partial charge in [-0.25, -0.2) is 4.98 Å². The van der Waals surface area contributed by atoms with E-state index in [4.69, 9.17) is 16.3 Å². The minimum atomic E-state index is -0.190. The van der Waals surface area contributed by atoms with Crippen LogP contribution < -0.4 is 10.2 Å². The van der Waals surface area contributed by atoms with Crippen molar-refractivity contribution in [1.29, 1.82) is 0 Å². The van der Waals surface area contributed by atoms with Crippen LogP contribution in [-0.4, -0.2) is 35.8 Å². The highest BCUT2D eigenvalue weighted by Gasteiger charge is 2.38. The summed E-state index contributed by atoms with van der Waals surface area (Å²) < 4.78 is 6.12. The Hall–Kier alpha value is -0.840. The lowest BCUT2D eigenvalue weighted by Crippen LogP contribution is -2.57. The quantitative estimate of drug-likeness (QED) is 0.926. The van der Waals surface area contributed by atoms with E-state index in [1.54, 1.807) is 6.20 Å². The van der Waals surface area contributed by atoms with Crippen molar-refractivity contribution in [2.24, 2.45) is 0 Å². The highest BCUT2D eigenvalue weighted by Crippen LogP contribution is 2.31. The van der Waals surface area contributed by atoms with Crippen molar-refractivity contribution in [2.45, 2.75) is 52.4 Å². The van der Waals surface area contributed by atoms with E-state index in [1.165, 1.54) is 0 Å². The first-order chi connectivity index (χ1) is 9.72. The number of hydrogen-bond donors (Lipinski definition) is 1. The predicted molar refractivity (Wildman–Crippen MR) is 88.1 cm³/mol. The van der Waals surface area contributed by atoms with Crippen LogP contribution in [0.1, 0.15) is 40.2 Å². The van der Waals surface area contributed by atoms with Crippen molar-refractivity contribution >= 4 is 17.4 Å². The van der Waals surface area contributed by atoms with E-state index in [9.17, 15) is 0 Å². The van der Waals surface area contributed by atoms with Gasteiger partial charge >= 0.3 is 0 Å². The fourth-order valence-corrected chi connectivity index (χ4v) is 3.16. The molecule has 1 aliphatic rings. The molecule has 1 aliphatic heterocycles. The number of morpholine rings is 1. The zero-order valence-corrected chi connectivity index (χ0v) is 14.4. The molecule has 0 unspecified atom stereocenters. The predicted octanol–water partition coefficient (Wildman–Crippen LogP) is 3.24. The summed E-state index contributed by atoms with van der Waals surface area (Å²) in [6.07, 6.45) is 1.75. The molecule has 1 aromatic rings. The van der Waals surface area contributed by atoms with Crippen LogP contribution in [-0.2, 0) is 11.3 Å². The van der Waals surface area contributed by atoms with Gasteiger partial charge in [-0.05, 0) is 45.9 Å². The number of hydrogen-bond acceptors (Lipinski definition) is 4. The minimum Gasteiger partial charge on any atom is -0.366 e. The lowest BCUT2D eigenvalue weighted by Gasteiger charge is -2.47. The van der Waals surface area contributed by atoms with Crippen molar-refractivity contribution in [3.8, 4) is 0 Å². The fourth-order valence-electron chi connectivity index (χ4n) is 2.99. The molecule has 0 radical (unpaired) electrons. The van der Waals surface area contributed by atoms with Gasteiger partial charge in [-0.2, -0.15) is 0 Å². The first kappa shape index (κ1) is 16.5. The summed E-state index contributed by atoms with van der Waals surface area (Å²) in [4.78, 5) is 6.80. The summed E-state index contributed by atoms with van der Waals surface area (Å²) in [5.41, 5.74) is 0.709. The smallest absolute Gasteiger partial charge is 0.129 e. The molecule has 0 aliphatic carbocycles. The Bertz CT molecular complexity index is 486. The largest absolute Gasteiger partial charge is 0.366 e. The average molecular weight is 312 g/mol. The van der Waals surface area contributed by atoms with E-state index in [2.05, 4.69) is 55.9 Å². The van der Waals surface area contributed by atoms with Crippen molar-refractivity contribution in [1.82, 2.24) is 10.3 Å². The highest BCUT2D eigenvalue weighted by atomic mass is 35.5. The zero-order chi connectivity index (χ0) is 15.7. The molecule has 0 saturated carbocycles. The third kappa shape index (κ3) is 4.31.